The summed E-state index contributed by atoms with van der Waals surface area (Å²) < 4.78 is 10.5. The standard InChI is InChI=1S/C22H30N6OS/c1-3-19-12-20-21(30-19)4-11-29-22(20)5-7-27(17(2)13-22)14-18-15-28(25-24-18)10-9-26-8-6-23-16-26/h6,8,12,15-17H,3-5,7,9-11,13-14H2,1-2H3/t17-,22+/m0/s1. The molecule has 0 aromatic carbocycles. The van der Waals surface area contributed by atoms with Crippen LogP contribution in [0.5, 0.6) is 0 Å². The average Bonchev–Trinajstić information content (AvgIpc) is 3.50. The molecule has 0 bridgehead atoms. The first kappa shape index (κ1) is 19.9. The number of imidazole rings is 1. The highest BCUT2D eigenvalue weighted by Gasteiger charge is 2.44. The summed E-state index contributed by atoms with van der Waals surface area (Å²) in [4.78, 5) is 9.66. The fourth-order valence-corrected chi connectivity index (χ4v) is 6.05. The summed E-state index contributed by atoms with van der Waals surface area (Å²) in [7, 11) is 0. The van der Waals surface area contributed by atoms with E-state index in [0.717, 1.165) is 64.2 Å². The van der Waals surface area contributed by atoms with Gasteiger partial charge in [0.1, 0.15) is 0 Å². The van der Waals surface area contributed by atoms with E-state index in [1.165, 1.54) is 10.4 Å². The summed E-state index contributed by atoms with van der Waals surface area (Å²) in [5.41, 5.74) is 2.43. The number of piperidine rings is 1. The molecule has 0 amide bonds. The molecular formula is C22H30N6OS. The van der Waals surface area contributed by atoms with Crippen molar-refractivity contribution in [2.75, 3.05) is 13.2 Å². The molecule has 3 aromatic heterocycles. The van der Waals surface area contributed by atoms with Gasteiger partial charge in [-0.05, 0) is 37.8 Å². The normalized spacial score (nSPS) is 24.4. The number of likely N-dealkylation sites (tertiary alicyclic amines) is 1. The SMILES string of the molecule is CCc1cc2c(s1)CCO[C@@]21CCN(Cc2cn(CCn3ccnc3)nn2)[C@@H](C)C1. The van der Waals surface area contributed by atoms with Crippen molar-refractivity contribution in [3.8, 4) is 0 Å². The van der Waals surface area contributed by atoms with Crippen LogP contribution in [0.3, 0.4) is 0 Å². The molecule has 2 atom stereocenters. The van der Waals surface area contributed by atoms with Gasteiger partial charge in [0.25, 0.3) is 0 Å². The average molecular weight is 427 g/mol. The van der Waals surface area contributed by atoms with Gasteiger partial charge in [-0.1, -0.05) is 12.1 Å². The summed E-state index contributed by atoms with van der Waals surface area (Å²) in [6.45, 7) is 8.96. The van der Waals surface area contributed by atoms with Crippen LogP contribution in [0.25, 0.3) is 0 Å². The molecule has 30 heavy (non-hydrogen) atoms. The van der Waals surface area contributed by atoms with Gasteiger partial charge in [-0.25, -0.2) is 4.98 Å². The van der Waals surface area contributed by atoms with Crippen molar-refractivity contribution in [1.29, 1.82) is 0 Å². The molecule has 160 valence electrons. The van der Waals surface area contributed by atoms with Gasteiger partial charge in [0.2, 0.25) is 0 Å². The van der Waals surface area contributed by atoms with Gasteiger partial charge >= 0.3 is 0 Å². The molecule has 8 heteroatoms. The molecule has 0 N–H and O–H groups in total. The molecule has 1 fully saturated rings. The predicted molar refractivity (Wildman–Crippen MR) is 116 cm³/mol. The first-order valence-corrected chi connectivity index (χ1v) is 11.8. The minimum absolute atomic E-state index is 0.0875. The number of aryl methyl sites for hydroxylation is 3. The maximum atomic E-state index is 6.47. The Hall–Kier alpha value is -2.03. The van der Waals surface area contributed by atoms with Crippen molar-refractivity contribution in [3.63, 3.8) is 0 Å². The summed E-state index contributed by atoms with van der Waals surface area (Å²) in [5.74, 6) is 0. The van der Waals surface area contributed by atoms with Crippen LogP contribution in [0.1, 0.15) is 47.7 Å². The lowest BCUT2D eigenvalue weighted by molar-refractivity contribution is -0.112. The number of rotatable bonds is 6. The van der Waals surface area contributed by atoms with Crippen molar-refractivity contribution < 1.29 is 4.74 Å². The molecule has 5 heterocycles. The number of fused-ring (bicyclic) bond motifs is 2. The molecule has 2 aliphatic rings. The second-order valence-electron chi connectivity index (χ2n) is 8.54. The third-order valence-electron chi connectivity index (χ3n) is 6.56. The number of hydrogen-bond acceptors (Lipinski definition) is 6. The number of thiophene rings is 1. The largest absolute Gasteiger partial charge is 0.370 e. The maximum absolute atomic E-state index is 6.47. The highest BCUT2D eigenvalue weighted by molar-refractivity contribution is 7.12. The van der Waals surface area contributed by atoms with Gasteiger partial charge < -0.3 is 9.30 Å². The van der Waals surface area contributed by atoms with Crippen LogP contribution in [0.4, 0.5) is 0 Å². The molecule has 5 rings (SSSR count). The van der Waals surface area contributed by atoms with Gasteiger partial charge in [0.05, 0.1) is 30.8 Å². The molecular weight excluding hydrogens is 396 g/mol. The van der Waals surface area contributed by atoms with Gasteiger partial charge in [0.15, 0.2) is 0 Å². The second kappa shape index (κ2) is 8.24. The minimum atomic E-state index is -0.0875. The minimum Gasteiger partial charge on any atom is -0.370 e. The van der Waals surface area contributed by atoms with Crippen molar-refractivity contribution >= 4 is 11.3 Å². The van der Waals surface area contributed by atoms with E-state index in [2.05, 4.69) is 50.9 Å². The highest BCUT2D eigenvalue weighted by Crippen LogP contribution is 2.46. The Labute approximate surface area is 181 Å². The van der Waals surface area contributed by atoms with Gasteiger partial charge in [-0.3, -0.25) is 9.58 Å². The van der Waals surface area contributed by atoms with Crippen LogP contribution in [-0.2, 0) is 42.8 Å². The smallest absolute Gasteiger partial charge is 0.0969 e. The fraction of sp³-hybridized carbons (Fsp3) is 0.591. The Bertz CT molecular complexity index is 980. The summed E-state index contributed by atoms with van der Waals surface area (Å²) in [6.07, 6.45) is 12.0. The van der Waals surface area contributed by atoms with Crippen molar-refractivity contribution in [1.82, 2.24) is 29.4 Å². The molecule has 0 unspecified atom stereocenters. The van der Waals surface area contributed by atoms with Crippen LogP contribution in [0, 0.1) is 0 Å². The molecule has 0 saturated carbocycles. The van der Waals surface area contributed by atoms with Gasteiger partial charge in [-0.15, -0.1) is 16.4 Å². The van der Waals surface area contributed by atoms with E-state index in [-0.39, 0.29) is 5.60 Å². The molecule has 0 aliphatic carbocycles. The van der Waals surface area contributed by atoms with Gasteiger partial charge in [-0.2, -0.15) is 0 Å². The monoisotopic (exact) mass is 426 g/mol. The highest BCUT2D eigenvalue weighted by atomic mass is 32.1. The lowest BCUT2D eigenvalue weighted by Gasteiger charge is -2.47. The summed E-state index contributed by atoms with van der Waals surface area (Å²) in [6, 6.07) is 2.87. The zero-order valence-electron chi connectivity index (χ0n) is 17.8. The van der Waals surface area contributed by atoms with Crippen molar-refractivity contribution in [2.24, 2.45) is 0 Å². The number of aromatic nitrogens is 5. The Morgan fingerprint density at radius 2 is 2.27 bits per heavy atom. The molecule has 0 radical (unpaired) electrons. The first-order valence-electron chi connectivity index (χ1n) is 11.0. The lowest BCUT2D eigenvalue weighted by Crippen LogP contribution is -2.50. The summed E-state index contributed by atoms with van der Waals surface area (Å²) in [5, 5.41) is 8.73. The van der Waals surface area contributed by atoms with E-state index in [9.17, 15) is 0 Å². The Balaban J connectivity index is 1.23. The zero-order chi connectivity index (χ0) is 20.6. The van der Waals surface area contributed by atoms with Crippen LogP contribution in [0.2, 0.25) is 0 Å². The van der Waals surface area contributed by atoms with E-state index in [1.807, 2.05) is 28.5 Å². The third kappa shape index (κ3) is 3.84. The van der Waals surface area contributed by atoms with Crippen LogP contribution in [0.15, 0.2) is 31.0 Å². The quantitative estimate of drug-likeness (QED) is 0.606. The molecule has 2 aliphatic heterocycles. The number of nitrogens with zero attached hydrogens (tertiary/aromatic N) is 6. The van der Waals surface area contributed by atoms with Crippen LogP contribution in [-0.4, -0.2) is 48.6 Å². The van der Waals surface area contributed by atoms with E-state index >= 15 is 0 Å². The first-order chi connectivity index (χ1) is 14.6. The number of ether oxygens (including phenoxy) is 1. The van der Waals surface area contributed by atoms with Crippen molar-refractivity contribution in [2.45, 2.75) is 70.8 Å². The topological polar surface area (TPSA) is 61.0 Å². The second-order valence-corrected chi connectivity index (χ2v) is 9.76. The van der Waals surface area contributed by atoms with E-state index in [4.69, 9.17) is 4.74 Å². The number of hydrogen-bond donors (Lipinski definition) is 0. The maximum Gasteiger partial charge on any atom is 0.0969 e. The Kier molecular flexibility index (Phi) is 5.47. The Morgan fingerprint density at radius 3 is 3.07 bits per heavy atom. The molecule has 7 nitrogen and oxygen atoms in total. The Morgan fingerprint density at radius 1 is 1.33 bits per heavy atom. The van der Waals surface area contributed by atoms with Gasteiger partial charge in [0, 0.05) is 60.4 Å². The molecule has 1 spiro atoms. The fourth-order valence-electron chi connectivity index (χ4n) is 4.88. The van der Waals surface area contributed by atoms with E-state index in [0.29, 0.717) is 6.04 Å². The van der Waals surface area contributed by atoms with E-state index < -0.39 is 0 Å². The predicted octanol–water partition coefficient (Wildman–Crippen LogP) is 3.25. The van der Waals surface area contributed by atoms with E-state index in [1.54, 1.807) is 11.1 Å². The summed E-state index contributed by atoms with van der Waals surface area (Å²) >= 11 is 1.99. The van der Waals surface area contributed by atoms with Crippen molar-refractivity contribution in [3.05, 3.63) is 52.0 Å². The zero-order valence-corrected chi connectivity index (χ0v) is 18.6. The lowest BCUT2D eigenvalue weighted by atomic mass is 9.79. The van der Waals surface area contributed by atoms with Crippen LogP contribution < -0.4 is 0 Å². The third-order valence-corrected chi connectivity index (χ3v) is 7.89. The molecule has 3 aromatic rings. The van der Waals surface area contributed by atoms with Crippen LogP contribution >= 0.6 is 11.3 Å². The molecule has 1 saturated heterocycles.